The fourth-order valence-corrected chi connectivity index (χ4v) is 1.41. The SMILES string of the molecule is Cc1ccc(C)c(OC/C=C/C(C)(C)C(=O)O)c1. The van der Waals surface area contributed by atoms with Gasteiger partial charge in [-0.2, -0.15) is 0 Å². The van der Waals surface area contributed by atoms with Gasteiger partial charge in [-0.15, -0.1) is 0 Å². The van der Waals surface area contributed by atoms with Gasteiger partial charge in [-0.1, -0.05) is 24.3 Å². The predicted molar refractivity (Wildman–Crippen MR) is 72.0 cm³/mol. The molecule has 0 atom stereocenters. The van der Waals surface area contributed by atoms with Crippen molar-refractivity contribution in [1.29, 1.82) is 0 Å². The maximum absolute atomic E-state index is 10.9. The fourth-order valence-electron chi connectivity index (χ4n) is 1.41. The minimum absolute atomic E-state index is 0.376. The van der Waals surface area contributed by atoms with Crippen molar-refractivity contribution in [2.75, 3.05) is 6.61 Å². The van der Waals surface area contributed by atoms with Crippen molar-refractivity contribution in [3.63, 3.8) is 0 Å². The van der Waals surface area contributed by atoms with Crippen molar-refractivity contribution in [2.24, 2.45) is 5.41 Å². The van der Waals surface area contributed by atoms with Gasteiger partial charge >= 0.3 is 5.97 Å². The van der Waals surface area contributed by atoms with Crippen molar-refractivity contribution in [3.8, 4) is 5.75 Å². The molecule has 1 rings (SSSR count). The van der Waals surface area contributed by atoms with Crippen molar-refractivity contribution in [2.45, 2.75) is 27.7 Å². The zero-order valence-corrected chi connectivity index (χ0v) is 11.4. The minimum atomic E-state index is -0.856. The third-order valence-corrected chi connectivity index (χ3v) is 2.76. The third-order valence-electron chi connectivity index (χ3n) is 2.76. The molecule has 0 bridgehead atoms. The van der Waals surface area contributed by atoms with Gasteiger partial charge in [0.25, 0.3) is 0 Å². The Morgan fingerprint density at radius 1 is 1.39 bits per heavy atom. The Kier molecular flexibility index (Phi) is 4.54. The molecule has 0 amide bonds. The average Bonchev–Trinajstić information content (AvgIpc) is 2.28. The standard InChI is InChI=1S/C15H20O3/c1-11-6-7-12(2)13(10-11)18-9-5-8-15(3,4)14(16)17/h5-8,10H,9H2,1-4H3,(H,16,17)/b8-5+. The number of benzene rings is 1. The van der Waals surface area contributed by atoms with Crippen LogP contribution in [0.1, 0.15) is 25.0 Å². The first-order valence-electron chi connectivity index (χ1n) is 5.94. The quantitative estimate of drug-likeness (QED) is 0.813. The highest BCUT2D eigenvalue weighted by molar-refractivity contribution is 5.75. The number of carboxylic acids is 1. The van der Waals surface area contributed by atoms with E-state index in [9.17, 15) is 4.79 Å². The summed E-state index contributed by atoms with van der Waals surface area (Å²) in [5, 5.41) is 8.95. The summed E-state index contributed by atoms with van der Waals surface area (Å²) < 4.78 is 5.61. The molecule has 0 radical (unpaired) electrons. The summed E-state index contributed by atoms with van der Waals surface area (Å²) in [5.41, 5.74) is 1.36. The zero-order valence-electron chi connectivity index (χ0n) is 11.4. The van der Waals surface area contributed by atoms with E-state index in [2.05, 4.69) is 0 Å². The molecule has 1 N–H and O–H groups in total. The van der Waals surface area contributed by atoms with Gasteiger partial charge in [-0.25, -0.2) is 0 Å². The summed E-state index contributed by atoms with van der Waals surface area (Å²) in [6.07, 6.45) is 3.40. The molecule has 0 aliphatic carbocycles. The molecule has 0 saturated heterocycles. The number of hydrogen-bond acceptors (Lipinski definition) is 2. The van der Waals surface area contributed by atoms with Crippen LogP contribution in [0.2, 0.25) is 0 Å². The highest BCUT2D eigenvalue weighted by Crippen LogP contribution is 2.20. The lowest BCUT2D eigenvalue weighted by Crippen LogP contribution is -2.20. The first kappa shape index (κ1) is 14.3. The largest absolute Gasteiger partial charge is 0.489 e. The van der Waals surface area contributed by atoms with Crippen LogP contribution in [-0.4, -0.2) is 17.7 Å². The van der Waals surface area contributed by atoms with E-state index in [4.69, 9.17) is 9.84 Å². The molecule has 98 valence electrons. The molecule has 0 unspecified atom stereocenters. The Bertz CT molecular complexity index is 459. The van der Waals surface area contributed by atoms with E-state index in [1.54, 1.807) is 26.0 Å². The van der Waals surface area contributed by atoms with E-state index in [0.29, 0.717) is 6.61 Å². The number of rotatable bonds is 5. The van der Waals surface area contributed by atoms with Crippen molar-refractivity contribution < 1.29 is 14.6 Å². The Balaban J connectivity index is 2.59. The molecule has 1 aromatic carbocycles. The van der Waals surface area contributed by atoms with E-state index in [-0.39, 0.29) is 0 Å². The Morgan fingerprint density at radius 3 is 2.67 bits per heavy atom. The first-order valence-corrected chi connectivity index (χ1v) is 5.94. The van der Waals surface area contributed by atoms with Gasteiger partial charge in [0.05, 0.1) is 5.41 Å². The van der Waals surface area contributed by atoms with Gasteiger partial charge in [-0.3, -0.25) is 4.79 Å². The fraction of sp³-hybridized carbons (Fsp3) is 0.400. The third kappa shape index (κ3) is 3.91. The number of carboxylic acid groups (broad SMARTS) is 1. The smallest absolute Gasteiger partial charge is 0.312 e. The van der Waals surface area contributed by atoms with Crippen molar-refractivity contribution >= 4 is 5.97 Å². The number of ether oxygens (including phenoxy) is 1. The highest BCUT2D eigenvalue weighted by Gasteiger charge is 2.22. The van der Waals surface area contributed by atoms with Crippen LogP contribution in [0, 0.1) is 19.3 Å². The predicted octanol–water partition coefficient (Wildman–Crippen LogP) is 3.35. The summed E-state index contributed by atoms with van der Waals surface area (Å²) in [5.74, 6) is -0.00160. The average molecular weight is 248 g/mol. The van der Waals surface area contributed by atoms with Gasteiger partial charge < -0.3 is 9.84 Å². The first-order chi connectivity index (χ1) is 8.33. The summed E-state index contributed by atoms with van der Waals surface area (Å²) in [6.45, 7) is 7.68. The van der Waals surface area contributed by atoms with E-state index < -0.39 is 11.4 Å². The second kappa shape index (κ2) is 5.71. The maximum atomic E-state index is 10.9. The molecule has 0 spiro atoms. The molecular weight excluding hydrogens is 228 g/mol. The van der Waals surface area contributed by atoms with Crippen LogP contribution < -0.4 is 4.74 Å². The van der Waals surface area contributed by atoms with E-state index in [1.807, 2.05) is 32.0 Å². The van der Waals surface area contributed by atoms with E-state index in [0.717, 1.165) is 16.9 Å². The second-order valence-electron chi connectivity index (χ2n) is 5.01. The van der Waals surface area contributed by atoms with Gasteiger partial charge in [0.1, 0.15) is 12.4 Å². The van der Waals surface area contributed by atoms with Gasteiger partial charge in [0, 0.05) is 0 Å². The van der Waals surface area contributed by atoms with Crippen LogP contribution in [0.15, 0.2) is 30.4 Å². The van der Waals surface area contributed by atoms with E-state index in [1.165, 1.54) is 0 Å². The number of hydrogen-bond donors (Lipinski definition) is 1. The van der Waals surface area contributed by atoms with Crippen molar-refractivity contribution in [3.05, 3.63) is 41.5 Å². The number of carbonyl (C=O) groups is 1. The van der Waals surface area contributed by atoms with Crippen LogP contribution >= 0.6 is 0 Å². The zero-order chi connectivity index (χ0) is 13.8. The Hall–Kier alpha value is -1.77. The lowest BCUT2D eigenvalue weighted by molar-refractivity contribution is -0.144. The van der Waals surface area contributed by atoms with Gasteiger partial charge in [0.15, 0.2) is 0 Å². The topological polar surface area (TPSA) is 46.5 Å². The molecule has 3 heteroatoms. The molecule has 0 aliphatic rings. The molecule has 0 saturated carbocycles. The normalized spacial score (nSPS) is 11.8. The molecule has 0 heterocycles. The molecular formula is C15H20O3. The van der Waals surface area contributed by atoms with Gasteiger partial charge in [0.2, 0.25) is 0 Å². The lowest BCUT2D eigenvalue weighted by atomic mass is 9.93. The van der Waals surface area contributed by atoms with Crippen LogP contribution in [0.25, 0.3) is 0 Å². The van der Waals surface area contributed by atoms with E-state index >= 15 is 0 Å². The summed E-state index contributed by atoms with van der Waals surface area (Å²) in [4.78, 5) is 10.9. The summed E-state index contributed by atoms with van der Waals surface area (Å²) in [7, 11) is 0. The second-order valence-corrected chi connectivity index (χ2v) is 5.01. The molecule has 3 nitrogen and oxygen atoms in total. The van der Waals surface area contributed by atoms with Crippen LogP contribution in [0.3, 0.4) is 0 Å². The van der Waals surface area contributed by atoms with Crippen molar-refractivity contribution in [1.82, 2.24) is 0 Å². The Morgan fingerprint density at radius 2 is 2.06 bits per heavy atom. The Labute approximate surface area is 108 Å². The minimum Gasteiger partial charge on any atom is -0.489 e. The molecule has 0 fully saturated rings. The molecule has 1 aromatic rings. The van der Waals surface area contributed by atoms with Gasteiger partial charge in [-0.05, 0) is 44.9 Å². The number of aliphatic carboxylic acids is 1. The molecule has 0 aliphatic heterocycles. The summed E-state index contributed by atoms with van der Waals surface area (Å²) in [6, 6.07) is 6.02. The lowest BCUT2D eigenvalue weighted by Gasteiger charge is -2.13. The van der Waals surface area contributed by atoms with Crippen LogP contribution in [-0.2, 0) is 4.79 Å². The molecule has 18 heavy (non-hydrogen) atoms. The maximum Gasteiger partial charge on any atom is 0.312 e. The molecule has 0 aromatic heterocycles. The van der Waals surface area contributed by atoms with Crippen LogP contribution in [0.4, 0.5) is 0 Å². The number of aryl methyl sites for hydroxylation is 2. The summed E-state index contributed by atoms with van der Waals surface area (Å²) >= 11 is 0. The monoisotopic (exact) mass is 248 g/mol. The van der Waals surface area contributed by atoms with Crippen LogP contribution in [0.5, 0.6) is 5.75 Å². The highest BCUT2D eigenvalue weighted by atomic mass is 16.5.